The molecule has 3 heteroatoms. The Morgan fingerprint density at radius 1 is 0.645 bits per heavy atom. The van der Waals surface area contributed by atoms with Crippen molar-refractivity contribution in [3.63, 3.8) is 0 Å². The van der Waals surface area contributed by atoms with Crippen LogP contribution in [0, 0.1) is 12.8 Å². The lowest BCUT2D eigenvalue weighted by atomic mass is 9.72. The molecular formula is C59H51N3. The highest BCUT2D eigenvalue weighted by atomic mass is 14.9. The van der Waals surface area contributed by atoms with E-state index in [1.165, 1.54) is 33.0 Å². The van der Waals surface area contributed by atoms with Crippen LogP contribution in [0.25, 0.3) is 56.4 Å². The van der Waals surface area contributed by atoms with Gasteiger partial charge in [0.05, 0.1) is 17.1 Å². The topological polar surface area (TPSA) is 38.1 Å². The third-order valence-electron chi connectivity index (χ3n) is 12.3. The lowest BCUT2D eigenvalue weighted by Gasteiger charge is -2.32. The SMILES string of the molecule is C#C.CC(=N/C(=C\CC1(C)CC=Cc2ccccc21)c1ccc(C(C)(C)c2ccc(-c3cc(-c4cccc5ccccc45)nc(-c4ccccc4)n3)cc2)cc1)c1ccccc1. The molecule has 62 heavy (non-hydrogen) atoms. The molecule has 0 aliphatic heterocycles. The van der Waals surface area contributed by atoms with Gasteiger partial charge in [-0.05, 0) is 70.0 Å². The fourth-order valence-electron chi connectivity index (χ4n) is 8.60. The number of fused-ring (bicyclic) bond motifs is 2. The number of nitrogens with zero attached hydrogens (tertiary/aromatic N) is 3. The number of hydrogen-bond acceptors (Lipinski definition) is 3. The van der Waals surface area contributed by atoms with Crippen molar-refractivity contribution in [1.82, 2.24) is 9.97 Å². The zero-order valence-electron chi connectivity index (χ0n) is 36.0. The molecule has 7 aromatic carbocycles. The van der Waals surface area contributed by atoms with Crippen molar-refractivity contribution < 1.29 is 0 Å². The van der Waals surface area contributed by atoms with Gasteiger partial charge in [0.1, 0.15) is 0 Å². The van der Waals surface area contributed by atoms with Crippen molar-refractivity contribution in [3.8, 4) is 46.7 Å². The minimum Gasteiger partial charge on any atom is -0.253 e. The van der Waals surface area contributed by atoms with Gasteiger partial charge in [0.15, 0.2) is 5.82 Å². The fraction of sp³-hybridized carbons (Fsp3) is 0.136. The number of allylic oxidation sites excluding steroid dienone is 2. The van der Waals surface area contributed by atoms with Crippen LogP contribution in [0.1, 0.15) is 73.9 Å². The van der Waals surface area contributed by atoms with Crippen LogP contribution in [0.2, 0.25) is 0 Å². The van der Waals surface area contributed by atoms with Crippen LogP contribution >= 0.6 is 0 Å². The largest absolute Gasteiger partial charge is 0.253 e. The molecular weight excluding hydrogens is 751 g/mol. The molecule has 3 nitrogen and oxygen atoms in total. The number of rotatable bonds is 10. The molecule has 0 saturated heterocycles. The third-order valence-corrected chi connectivity index (χ3v) is 12.3. The van der Waals surface area contributed by atoms with E-state index in [0.29, 0.717) is 5.82 Å². The van der Waals surface area contributed by atoms with E-state index in [1.54, 1.807) is 0 Å². The molecule has 0 bridgehead atoms. The summed E-state index contributed by atoms with van der Waals surface area (Å²) < 4.78 is 0. The van der Waals surface area contributed by atoms with E-state index in [1.807, 2.05) is 18.2 Å². The zero-order chi connectivity index (χ0) is 43.1. The summed E-state index contributed by atoms with van der Waals surface area (Å²) >= 11 is 0. The quantitative estimate of drug-likeness (QED) is 0.102. The van der Waals surface area contributed by atoms with E-state index < -0.39 is 0 Å². The Labute approximate surface area is 367 Å². The van der Waals surface area contributed by atoms with Gasteiger partial charge in [0.2, 0.25) is 0 Å². The van der Waals surface area contributed by atoms with E-state index in [0.717, 1.165) is 63.5 Å². The van der Waals surface area contributed by atoms with E-state index in [-0.39, 0.29) is 10.8 Å². The van der Waals surface area contributed by atoms with Gasteiger partial charge >= 0.3 is 0 Å². The van der Waals surface area contributed by atoms with Crippen LogP contribution < -0.4 is 0 Å². The molecule has 1 aromatic heterocycles. The Morgan fingerprint density at radius 3 is 2.00 bits per heavy atom. The fourth-order valence-corrected chi connectivity index (χ4v) is 8.60. The van der Waals surface area contributed by atoms with Gasteiger partial charge in [-0.3, -0.25) is 4.99 Å². The molecule has 0 N–H and O–H groups in total. The van der Waals surface area contributed by atoms with Gasteiger partial charge in [0.25, 0.3) is 0 Å². The Morgan fingerprint density at radius 2 is 1.26 bits per heavy atom. The van der Waals surface area contributed by atoms with E-state index in [4.69, 9.17) is 15.0 Å². The predicted molar refractivity (Wildman–Crippen MR) is 263 cm³/mol. The molecule has 1 heterocycles. The van der Waals surface area contributed by atoms with Crippen molar-refractivity contribution in [2.24, 2.45) is 4.99 Å². The summed E-state index contributed by atoms with van der Waals surface area (Å²) in [5.41, 5.74) is 14.1. The van der Waals surface area contributed by atoms with Crippen LogP contribution in [-0.2, 0) is 10.8 Å². The minimum absolute atomic E-state index is 0.00670. The number of terminal acetylenes is 1. The summed E-state index contributed by atoms with van der Waals surface area (Å²) in [6.07, 6.45) is 16.8. The maximum Gasteiger partial charge on any atom is 0.160 e. The summed E-state index contributed by atoms with van der Waals surface area (Å²) in [6, 6.07) is 64.5. The summed E-state index contributed by atoms with van der Waals surface area (Å²) in [4.78, 5) is 15.5. The van der Waals surface area contributed by atoms with Gasteiger partial charge in [-0.25, -0.2) is 9.97 Å². The van der Waals surface area contributed by atoms with Crippen LogP contribution in [0.5, 0.6) is 0 Å². The van der Waals surface area contributed by atoms with Crippen molar-refractivity contribution in [3.05, 3.63) is 228 Å². The molecule has 8 aromatic rings. The number of aromatic nitrogens is 2. The first-order valence-electron chi connectivity index (χ1n) is 21.3. The second kappa shape index (κ2) is 18.1. The average molecular weight is 802 g/mol. The molecule has 0 amide bonds. The maximum absolute atomic E-state index is 5.29. The van der Waals surface area contributed by atoms with Crippen molar-refractivity contribution in [2.75, 3.05) is 0 Å². The first-order chi connectivity index (χ1) is 30.2. The molecule has 1 atom stereocenters. The van der Waals surface area contributed by atoms with Gasteiger partial charge in [0, 0.05) is 33.2 Å². The summed E-state index contributed by atoms with van der Waals surface area (Å²) in [6.45, 7) is 9.10. The average Bonchev–Trinajstić information content (AvgIpc) is 3.34. The van der Waals surface area contributed by atoms with Crippen LogP contribution in [0.15, 0.2) is 199 Å². The highest BCUT2D eigenvalue weighted by Crippen LogP contribution is 2.40. The van der Waals surface area contributed by atoms with Gasteiger partial charge in [-0.1, -0.05) is 215 Å². The monoisotopic (exact) mass is 801 g/mol. The predicted octanol–water partition coefficient (Wildman–Crippen LogP) is 14.8. The second-order valence-corrected chi connectivity index (χ2v) is 16.7. The molecule has 0 fully saturated rings. The van der Waals surface area contributed by atoms with Gasteiger partial charge in [-0.15, -0.1) is 12.8 Å². The van der Waals surface area contributed by atoms with Crippen LogP contribution in [0.4, 0.5) is 0 Å². The summed E-state index contributed by atoms with van der Waals surface area (Å²) in [5.74, 6) is 0.715. The first-order valence-corrected chi connectivity index (χ1v) is 21.3. The molecule has 1 unspecified atom stereocenters. The number of benzene rings is 7. The van der Waals surface area contributed by atoms with Gasteiger partial charge < -0.3 is 0 Å². The normalized spacial score (nSPS) is 15.1. The van der Waals surface area contributed by atoms with E-state index in [2.05, 4.69) is 223 Å². The minimum atomic E-state index is -0.245. The highest BCUT2D eigenvalue weighted by Gasteiger charge is 2.29. The lowest BCUT2D eigenvalue weighted by molar-refractivity contribution is 0.480. The maximum atomic E-state index is 5.29. The van der Waals surface area contributed by atoms with Crippen molar-refractivity contribution in [1.29, 1.82) is 0 Å². The first kappa shape index (κ1) is 41.3. The molecule has 0 radical (unpaired) electrons. The van der Waals surface area contributed by atoms with Crippen molar-refractivity contribution in [2.45, 2.75) is 51.4 Å². The second-order valence-electron chi connectivity index (χ2n) is 16.7. The molecule has 1 aliphatic rings. The van der Waals surface area contributed by atoms with E-state index in [9.17, 15) is 0 Å². The Kier molecular flexibility index (Phi) is 12.0. The van der Waals surface area contributed by atoms with Crippen LogP contribution in [-0.4, -0.2) is 15.7 Å². The number of aliphatic imine (C=N–C) groups is 1. The number of hydrogen-bond donors (Lipinski definition) is 0. The van der Waals surface area contributed by atoms with Crippen LogP contribution in [0.3, 0.4) is 0 Å². The standard InChI is InChI=1S/C57H49N3.C2H2/c1-40(41-17-7-5-8-18-41)58-52(36-38-57(4)37-16-24-43-20-12-14-27-51(43)57)44-28-32-47(33-29-44)56(2,3)48-34-30-45(31-35-48)53-39-54(60-55(59-53)46-21-9-6-10-22-46)50-26-15-23-42-19-11-13-25-49(42)50;1-2/h5-36,39H,37-38H2,1-4H3;1-2H/b52-36-,58-40?;. The molecule has 0 spiro atoms. The molecule has 0 saturated carbocycles. The third kappa shape index (κ3) is 8.60. The van der Waals surface area contributed by atoms with Crippen molar-refractivity contribution >= 4 is 28.3 Å². The molecule has 1 aliphatic carbocycles. The summed E-state index contributed by atoms with van der Waals surface area (Å²) in [5, 5.41) is 2.37. The molecule has 302 valence electrons. The smallest absolute Gasteiger partial charge is 0.160 e. The van der Waals surface area contributed by atoms with Gasteiger partial charge in [-0.2, -0.15) is 0 Å². The highest BCUT2D eigenvalue weighted by molar-refractivity contribution is 6.01. The molecule has 9 rings (SSSR count). The van der Waals surface area contributed by atoms with E-state index >= 15 is 0 Å². The Hall–Kier alpha value is -7.41. The lowest BCUT2D eigenvalue weighted by Crippen LogP contribution is -2.23. The Balaban J connectivity index is 0.00000261. The summed E-state index contributed by atoms with van der Waals surface area (Å²) in [7, 11) is 0. The zero-order valence-corrected chi connectivity index (χ0v) is 36.0. The Bertz CT molecular complexity index is 2930.